The molecule has 8 nitrogen and oxygen atoms in total. The highest BCUT2D eigenvalue weighted by molar-refractivity contribution is 5.97. The fourth-order valence-corrected chi connectivity index (χ4v) is 4.71. The van der Waals surface area contributed by atoms with Gasteiger partial charge in [-0.2, -0.15) is 5.10 Å². The second kappa shape index (κ2) is 9.73. The van der Waals surface area contributed by atoms with Gasteiger partial charge in [-0.15, -0.1) is 0 Å². The van der Waals surface area contributed by atoms with Crippen LogP contribution in [0, 0.1) is 5.41 Å². The van der Waals surface area contributed by atoms with Crippen LogP contribution in [-0.2, 0) is 7.05 Å². The number of carbonyl (C=O) groups excluding carboxylic acids is 2. The van der Waals surface area contributed by atoms with Crippen molar-refractivity contribution in [3.05, 3.63) is 47.8 Å². The SMILES string of the molecule is Cn1cc(C(=O)N2CCCCC3(CO)CCN(CC3)C(=O)c3ccccc3OCC2)cn1. The highest BCUT2D eigenvalue weighted by Gasteiger charge is 2.36. The molecule has 3 aliphatic heterocycles. The minimum absolute atomic E-state index is 0.0368. The number of piperidine rings is 1. The molecule has 0 saturated carbocycles. The predicted molar refractivity (Wildman–Crippen MR) is 120 cm³/mol. The monoisotopic (exact) mass is 440 g/mol. The second-order valence-electron chi connectivity index (χ2n) is 8.95. The predicted octanol–water partition coefficient (Wildman–Crippen LogP) is 2.34. The summed E-state index contributed by atoms with van der Waals surface area (Å²) in [4.78, 5) is 29.9. The molecule has 0 unspecified atom stereocenters. The zero-order valence-corrected chi connectivity index (χ0v) is 18.7. The normalized spacial score (nSPS) is 19.6. The van der Waals surface area contributed by atoms with Gasteiger partial charge in [0, 0.05) is 39.5 Å². The Balaban J connectivity index is 1.57. The van der Waals surface area contributed by atoms with E-state index in [1.807, 2.05) is 17.0 Å². The third kappa shape index (κ3) is 4.80. The summed E-state index contributed by atoms with van der Waals surface area (Å²) < 4.78 is 7.62. The van der Waals surface area contributed by atoms with Gasteiger partial charge < -0.3 is 19.6 Å². The highest BCUT2D eigenvalue weighted by Crippen LogP contribution is 2.37. The van der Waals surface area contributed by atoms with Crippen LogP contribution in [-0.4, -0.2) is 75.9 Å². The van der Waals surface area contributed by atoms with Crippen molar-refractivity contribution >= 4 is 11.8 Å². The van der Waals surface area contributed by atoms with Gasteiger partial charge in [-0.05, 0) is 43.2 Å². The molecule has 2 aromatic rings. The summed E-state index contributed by atoms with van der Waals surface area (Å²) in [6.07, 6.45) is 7.56. The summed E-state index contributed by atoms with van der Waals surface area (Å²) in [6, 6.07) is 7.29. The smallest absolute Gasteiger partial charge is 0.257 e. The van der Waals surface area contributed by atoms with Gasteiger partial charge in [0.2, 0.25) is 0 Å². The average molecular weight is 441 g/mol. The van der Waals surface area contributed by atoms with Crippen molar-refractivity contribution in [3.8, 4) is 5.75 Å². The van der Waals surface area contributed by atoms with E-state index in [-0.39, 0.29) is 23.8 Å². The molecular weight excluding hydrogens is 408 g/mol. The van der Waals surface area contributed by atoms with Gasteiger partial charge in [0.15, 0.2) is 0 Å². The lowest BCUT2D eigenvalue weighted by Gasteiger charge is -2.41. The molecule has 32 heavy (non-hydrogen) atoms. The van der Waals surface area contributed by atoms with Crippen LogP contribution in [0.2, 0.25) is 0 Å². The summed E-state index contributed by atoms with van der Waals surface area (Å²) in [6.45, 7) is 2.75. The molecule has 2 amide bonds. The summed E-state index contributed by atoms with van der Waals surface area (Å²) in [5.41, 5.74) is 0.953. The Kier molecular flexibility index (Phi) is 6.79. The van der Waals surface area contributed by atoms with Crippen molar-refractivity contribution in [3.63, 3.8) is 0 Å². The Morgan fingerprint density at radius 1 is 1.12 bits per heavy atom. The molecule has 172 valence electrons. The molecular formula is C24H32N4O4. The first-order valence-corrected chi connectivity index (χ1v) is 11.4. The molecule has 1 saturated heterocycles. The Hall–Kier alpha value is -2.87. The van der Waals surface area contributed by atoms with Crippen LogP contribution in [0.25, 0.3) is 0 Å². The molecule has 0 atom stereocenters. The number of aliphatic hydroxyl groups excluding tert-OH is 1. The maximum Gasteiger partial charge on any atom is 0.257 e. The van der Waals surface area contributed by atoms with Crippen molar-refractivity contribution in [2.24, 2.45) is 12.5 Å². The number of benzene rings is 1. The molecule has 1 aromatic carbocycles. The number of fused-ring (bicyclic) bond motifs is 9. The van der Waals surface area contributed by atoms with Crippen molar-refractivity contribution in [2.75, 3.05) is 39.4 Å². The molecule has 1 N–H and O–H groups in total. The maximum atomic E-state index is 13.2. The van der Waals surface area contributed by atoms with Gasteiger partial charge in [0.25, 0.3) is 11.8 Å². The Morgan fingerprint density at radius 2 is 1.91 bits per heavy atom. The number of aliphatic hydroxyl groups is 1. The topological polar surface area (TPSA) is 87.9 Å². The third-order valence-electron chi connectivity index (χ3n) is 6.81. The quantitative estimate of drug-likeness (QED) is 0.775. The number of aryl methyl sites for hydroxylation is 1. The number of amides is 2. The number of nitrogens with zero attached hydrogens (tertiary/aromatic N) is 4. The Bertz CT molecular complexity index is 949. The Morgan fingerprint density at radius 3 is 2.62 bits per heavy atom. The number of carbonyl (C=O) groups is 2. The Labute approximate surface area is 188 Å². The van der Waals surface area contributed by atoms with Crippen molar-refractivity contribution in [2.45, 2.75) is 32.1 Å². The number of rotatable bonds is 2. The van der Waals surface area contributed by atoms with E-state index in [2.05, 4.69) is 5.10 Å². The number of ether oxygens (including phenoxy) is 1. The van der Waals surface area contributed by atoms with E-state index in [0.29, 0.717) is 49.7 Å². The molecule has 1 aromatic heterocycles. The van der Waals surface area contributed by atoms with E-state index in [1.165, 1.54) is 0 Å². The fraction of sp³-hybridized carbons (Fsp3) is 0.542. The molecule has 0 spiro atoms. The van der Waals surface area contributed by atoms with E-state index in [1.54, 1.807) is 41.2 Å². The van der Waals surface area contributed by atoms with Crippen LogP contribution in [0.1, 0.15) is 52.8 Å². The van der Waals surface area contributed by atoms with E-state index in [4.69, 9.17) is 4.74 Å². The van der Waals surface area contributed by atoms with Gasteiger partial charge in [-0.25, -0.2) is 0 Å². The molecule has 3 aliphatic rings. The lowest BCUT2D eigenvalue weighted by molar-refractivity contribution is 0.0297. The molecule has 8 heteroatoms. The van der Waals surface area contributed by atoms with Crippen molar-refractivity contribution in [1.29, 1.82) is 0 Å². The summed E-state index contributed by atoms with van der Waals surface area (Å²) >= 11 is 0. The zero-order valence-electron chi connectivity index (χ0n) is 18.7. The molecule has 0 aliphatic carbocycles. The van der Waals surface area contributed by atoms with Crippen LogP contribution < -0.4 is 4.74 Å². The maximum absolute atomic E-state index is 13.2. The number of aromatic nitrogens is 2. The summed E-state index contributed by atoms with van der Waals surface area (Å²) in [5, 5.41) is 14.3. The molecule has 1 fully saturated rings. The minimum atomic E-state index is -0.148. The van der Waals surface area contributed by atoms with E-state index in [9.17, 15) is 14.7 Å². The first-order valence-electron chi connectivity index (χ1n) is 11.4. The second-order valence-corrected chi connectivity index (χ2v) is 8.95. The van der Waals surface area contributed by atoms with Crippen LogP contribution in [0.5, 0.6) is 5.75 Å². The van der Waals surface area contributed by atoms with Gasteiger partial charge in [-0.1, -0.05) is 18.6 Å². The van der Waals surface area contributed by atoms with Gasteiger partial charge in [0.05, 0.1) is 23.9 Å². The number of hydrogen-bond donors (Lipinski definition) is 1. The molecule has 0 radical (unpaired) electrons. The minimum Gasteiger partial charge on any atom is -0.491 e. The third-order valence-corrected chi connectivity index (χ3v) is 6.81. The summed E-state index contributed by atoms with van der Waals surface area (Å²) in [7, 11) is 1.79. The zero-order chi connectivity index (χ0) is 22.6. The van der Waals surface area contributed by atoms with Crippen LogP contribution in [0.3, 0.4) is 0 Å². The van der Waals surface area contributed by atoms with Crippen molar-refractivity contribution < 1.29 is 19.4 Å². The lowest BCUT2D eigenvalue weighted by Crippen LogP contribution is -2.44. The number of para-hydroxylation sites is 1. The van der Waals surface area contributed by atoms with E-state index in [0.717, 1.165) is 32.1 Å². The summed E-state index contributed by atoms with van der Waals surface area (Å²) in [5.74, 6) is 0.435. The fourth-order valence-electron chi connectivity index (χ4n) is 4.71. The van der Waals surface area contributed by atoms with Crippen molar-refractivity contribution in [1.82, 2.24) is 19.6 Å². The van der Waals surface area contributed by atoms with Crippen LogP contribution in [0.15, 0.2) is 36.7 Å². The highest BCUT2D eigenvalue weighted by atomic mass is 16.5. The largest absolute Gasteiger partial charge is 0.491 e. The van der Waals surface area contributed by atoms with E-state index < -0.39 is 0 Å². The van der Waals surface area contributed by atoms with Gasteiger partial charge in [-0.3, -0.25) is 14.3 Å². The molecule has 5 rings (SSSR count). The molecule has 4 heterocycles. The standard InChI is InChI=1S/C24H32N4O4/c1-26-17-19(16-25-26)22(30)27-11-5-4-8-24(18-29)9-12-28(13-10-24)23(31)20-6-2-3-7-21(20)32-15-14-27/h2-3,6-7,16-17,29H,4-5,8-15,18H2,1H3. The average Bonchev–Trinajstić information content (AvgIpc) is 3.26. The van der Waals surface area contributed by atoms with E-state index >= 15 is 0 Å². The van der Waals surface area contributed by atoms with Gasteiger partial charge in [0.1, 0.15) is 12.4 Å². The number of hydrogen-bond acceptors (Lipinski definition) is 5. The van der Waals surface area contributed by atoms with Crippen LogP contribution >= 0.6 is 0 Å². The first-order chi connectivity index (χ1) is 15.5. The first kappa shape index (κ1) is 22.3. The van der Waals surface area contributed by atoms with Gasteiger partial charge >= 0.3 is 0 Å². The lowest BCUT2D eigenvalue weighted by atomic mass is 9.75. The molecule has 2 bridgehead atoms. The van der Waals surface area contributed by atoms with Crippen LogP contribution in [0.4, 0.5) is 0 Å².